The third-order valence-corrected chi connectivity index (χ3v) is 5.15. The Morgan fingerprint density at radius 2 is 2.16 bits per heavy atom. The fourth-order valence-corrected chi connectivity index (χ4v) is 3.55. The highest BCUT2D eigenvalue weighted by Gasteiger charge is 2.36. The number of aryl methyl sites for hydroxylation is 1. The van der Waals surface area contributed by atoms with Crippen LogP contribution >= 0.6 is 0 Å². The summed E-state index contributed by atoms with van der Waals surface area (Å²) >= 11 is 0. The highest BCUT2D eigenvalue weighted by atomic mass is 16.5. The minimum atomic E-state index is 0.0495. The fourth-order valence-electron chi connectivity index (χ4n) is 3.55. The average Bonchev–Trinajstić information content (AvgIpc) is 3.28. The fraction of sp³-hybridized carbons (Fsp3) is 0.611. The molecule has 1 aliphatic carbocycles. The highest BCUT2D eigenvalue weighted by Crippen LogP contribution is 2.27. The molecule has 2 aliphatic rings. The molecule has 1 aliphatic heterocycles. The SMILES string of the molecule is Cn1cccc1C(=O)N1CC(c2nc(CCOC3CCCC3)no2)C1. The first kappa shape index (κ1) is 16.3. The Morgan fingerprint density at radius 1 is 1.36 bits per heavy atom. The number of hydrogen-bond donors (Lipinski definition) is 0. The number of ether oxygens (including phenoxy) is 1. The van der Waals surface area contributed by atoms with Crippen LogP contribution in [0.2, 0.25) is 0 Å². The van der Waals surface area contributed by atoms with E-state index >= 15 is 0 Å². The second-order valence-corrected chi connectivity index (χ2v) is 6.99. The van der Waals surface area contributed by atoms with Crippen LogP contribution in [-0.2, 0) is 18.2 Å². The van der Waals surface area contributed by atoms with Crippen LogP contribution in [-0.4, -0.2) is 51.3 Å². The van der Waals surface area contributed by atoms with Crippen molar-refractivity contribution < 1.29 is 14.1 Å². The predicted molar refractivity (Wildman–Crippen MR) is 90.3 cm³/mol. The minimum absolute atomic E-state index is 0.0495. The molecule has 25 heavy (non-hydrogen) atoms. The van der Waals surface area contributed by atoms with Crippen molar-refractivity contribution in [2.24, 2.45) is 7.05 Å². The van der Waals surface area contributed by atoms with E-state index in [1.807, 2.05) is 34.8 Å². The van der Waals surface area contributed by atoms with Crippen molar-refractivity contribution in [3.63, 3.8) is 0 Å². The summed E-state index contributed by atoms with van der Waals surface area (Å²) in [6, 6.07) is 3.72. The number of rotatable bonds is 6. The van der Waals surface area contributed by atoms with Gasteiger partial charge in [0.05, 0.1) is 18.6 Å². The molecule has 0 atom stereocenters. The Morgan fingerprint density at radius 3 is 2.88 bits per heavy atom. The third-order valence-electron chi connectivity index (χ3n) is 5.15. The van der Waals surface area contributed by atoms with E-state index in [-0.39, 0.29) is 11.8 Å². The zero-order chi connectivity index (χ0) is 17.2. The Kier molecular flexibility index (Phi) is 4.57. The van der Waals surface area contributed by atoms with Crippen LogP contribution in [0.4, 0.5) is 0 Å². The summed E-state index contributed by atoms with van der Waals surface area (Å²) in [5, 5.41) is 4.04. The molecule has 2 aromatic heterocycles. The molecule has 1 saturated carbocycles. The summed E-state index contributed by atoms with van der Waals surface area (Å²) in [5.41, 5.74) is 0.703. The number of carbonyl (C=O) groups is 1. The standard InChI is InChI=1S/C18H24N4O3/c1-21-9-4-7-15(21)18(23)22-11-13(12-22)17-19-16(20-25-17)8-10-24-14-5-2-3-6-14/h4,7,9,13-14H,2-3,5-6,8,10-12H2,1H3. The molecule has 3 heterocycles. The van der Waals surface area contributed by atoms with Crippen molar-refractivity contribution >= 4 is 5.91 Å². The molecule has 7 heteroatoms. The lowest BCUT2D eigenvalue weighted by atomic mass is 9.99. The molecule has 134 valence electrons. The molecule has 2 aromatic rings. The number of likely N-dealkylation sites (tertiary alicyclic amines) is 1. The molecule has 1 amide bonds. The van der Waals surface area contributed by atoms with Crippen LogP contribution in [0.5, 0.6) is 0 Å². The molecule has 0 aromatic carbocycles. The van der Waals surface area contributed by atoms with Crippen LogP contribution in [0.3, 0.4) is 0 Å². The summed E-state index contributed by atoms with van der Waals surface area (Å²) in [6.07, 6.45) is 7.86. The van der Waals surface area contributed by atoms with Gasteiger partial charge >= 0.3 is 0 Å². The van der Waals surface area contributed by atoms with Crippen molar-refractivity contribution in [2.45, 2.75) is 44.1 Å². The summed E-state index contributed by atoms with van der Waals surface area (Å²) in [4.78, 5) is 18.7. The van der Waals surface area contributed by atoms with Gasteiger partial charge in [-0.3, -0.25) is 4.79 Å². The van der Waals surface area contributed by atoms with Crippen molar-refractivity contribution in [3.8, 4) is 0 Å². The maximum absolute atomic E-state index is 12.4. The minimum Gasteiger partial charge on any atom is -0.378 e. The van der Waals surface area contributed by atoms with Crippen molar-refractivity contribution in [2.75, 3.05) is 19.7 Å². The van der Waals surface area contributed by atoms with Gasteiger partial charge in [-0.25, -0.2) is 0 Å². The van der Waals surface area contributed by atoms with E-state index in [9.17, 15) is 4.79 Å². The summed E-state index contributed by atoms with van der Waals surface area (Å²) in [6.45, 7) is 1.90. The Hall–Kier alpha value is -2.15. The molecule has 1 saturated heterocycles. The quantitative estimate of drug-likeness (QED) is 0.803. The van der Waals surface area contributed by atoms with Gasteiger partial charge in [-0.15, -0.1) is 0 Å². The number of hydrogen-bond acceptors (Lipinski definition) is 5. The van der Waals surface area contributed by atoms with Gasteiger partial charge < -0.3 is 18.7 Å². The number of amides is 1. The van der Waals surface area contributed by atoms with Gasteiger partial charge in [0.1, 0.15) is 5.69 Å². The van der Waals surface area contributed by atoms with Gasteiger partial charge in [-0.2, -0.15) is 4.98 Å². The maximum Gasteiger partial charge on any atom is 0.270 e. The van der Waals surface area contributed by atoms with E-state index in [2.05, 4.69) is 10.1 Å². The third kappa shape index (κ3) is 3.46. The van der Waals surface area contributed by atoms with Crippen molar-refractivity contribution in [1.29, 1.82) is 0 Å². The van der Waals surface area contributed by atoms with Gasteiger partial charge in [0.2, 0.25) is 5.89 Å². The largest absolute Gasteiger partial charge is 0.378 e. The molecule has 0 N–H and O–H groups in total. The molecule has 0 spiro atoms. The van der Waals surface area contributed by atoms with Crippen LogP contribution in [0, 0.1) is 0 Å². The normalized spacial score (nSPS) is 18.7. The first-order valence-corrected chi connectivity index (χ1v) is 9.05. The smallest absolute Gasteiger partial charge is 0.270 e. The lowest BCUT2D eigenvalue weighted by Crippen LogP contribution is -2.49. The Bertz CT molecular complexity index is 726. The van der Waals surface area contributed by atoms with Crippen LogP contribution in [0.25, 0.3) is 0 Å². The molecule has 0 bridgehead atoms. The molecule has 7 nitrogen and oxygen atoms in total. The molecule has 2 fully saturated rings. The van der Waals surface area contributed by atoms with E-state index in [0.717, 1.165) is 0 Å². The van der Waals surface area contributed by atoms with E-state index in [4.69, 9.17) is 9.26 Å². The number of aromatic nitrogens is 3. The average molecular weight is 344 g/mol. The Balaban J connectivity index is 1.25. The molecular formula is C18H24N4O3. The Labute approximate surface area is 146 Å². The first-order valence-electron chi connectivity index (χ1n) is 9.05. The zero-order valence-corrected chi connectivity index (χ0v) is 14.6. The summed E-state index contributed by atoms with van der Waals surface area (Å²) < 4.78 is 13.1. The second-order valence-electron chi connectivity index (χ2n) is 6.99. The van der Waals surface area contributed by atoms with E-state index in [0.29, 0.717) is 49.6 Å². The van der Waals surface area contributed by atoms with Gasteiger partial charge in [-0.1, -0.05) is 18.0 Å². The number of nitrogens with zero attached hydrogens (tertiary/aromatic N) is 4. The zero-order valence-electron chi connectivity index (χ0n) is 14.6. The van der Waals surface area contributed by atoms with Gasteiger partial charge in [0, 0.05) is 32.8 Å². The summed E-state index contributed by atoms with van der Waals surface area (Å²) in [5.74, 6) is 1.52. The molecule has 0 radical (unpaired) electrons. The topological polar surface area (TPSA) is 73.4 Å². The van der Waals surface area contributed by atoms with Gasteiger partial charge in [0.15, 0.2) is 5.82 Å². The van der Waals surface area contributed by atoms with Crippen molar-refractivity contribution in [3.05, 3.63) is 35.7 Å². The highest BCUT2D eigenvalue weighted by molar-refractivity contribution is 5.93. The monoisotopic (exact) mass is 344 g/mol. The first-order chi connectivity index (χ1) is 12.2. The van der Waals surface area contributed by atoms with Crippen LogP contribution < -0.4 is 0 Å². The van der Waals surface area contributed by atoms with Gasteiger partial charge in [0.25, 0.3) is 5.91 Å². The van der Waals surface area contributed by atoms with E-state index in [1.165, 1.54) is 25.7 Å². The van der Waals surface area contributed by atoms with Crippen molar-refractivity contribution in [1.82, 2.24) is 19.6 Å². The lowest BCUT2D eigenvalue weighted by molar-refractivity contribution is 0.0558. The second kappa shape index (κ2) is 7.00. The maximum atomic E-state index is 12.4. The van der Waals surface area contributed by atoms with Crippen LogP contribution in [0.1, 0.15) is 53.8 Å². The van der Waals surface area contributed by atoms with E-state index in [1.54, 1.807) is 0 Å². The van der Waals surface area contributed by atoms with Crippen LogP contribution in [0.15, 0.2) is 22.9 Å². The molecule has 4 rings (SSSR count). The lowest BCUT2D eigenvalue weighted by Gasteiger charge is -2.37. The molecular weight excluding hydrogens is 320 g/mol. The number of carbonyl (C=O) groups excluding carboxylic acids is 1. The van der Waals surface area contributed by atoms with E-state index < -0.39 is 0 Å². The molecule has 0 unspecified atom stereocenters. The predicted octanol–water partition coefficient (Wildman–Crippen LogP) is 2.15. The summed E-state index contributed by atoms with van der Waals surface area (Å²) in [7, 11) is 1.88. The van der Waals surface area contributed by atoms with Gasteiger partial charge in [-0.05, 0) is 25.0 Å².